The number of carbonyl (C=O) groups is 2. The van der Waals surface area contributed by atoms with Gasteiger partial charge >= 0.3 is 5.97 Å². The van der Waals surface area contributed by atoms with Gasteiger partial charge in [-0.3, -0.25) is 4.79 Å². The monoisotopic (exact) mass is 271 g/mol. The van der Waals surface area contributed by atoms with Crippen molar-refractivity contribution in [2.75, 3.05) is 0 Å². The third-order valence-corrected chi connectivity index (χ3v) is 2.66. The second-order valence-corrected chi connectivity index (χ2v) is 4.63. The van der Waals surface area contributed by atoms with Gasteiger partial charge in [0.05, 0.1) is 5.56 Å². The molecule has 3 N–H and O–H groups in total. The number of aromatic hydroxyl groups is 1. The van der Waals surface area contributed by atoms with Gasteiger partial charge in [0, 0.05) is 5.02 Å². The van der Waals surface area contributed by atoms with Crippen LogP contribution in [0.5, 0.6) is 5.75 Å². The molecule has 1 rings (SSSR count). The van der Waals surface area contributed by atoms with Gasteiger partial charge in [0.2, 0.25) is 0 Å². The van der Waals surface area contributed by atoms with Crippen LogP contribution in [-0.2, 0) is 4.79 Å². The largest absolute Gasteiger partial charge is 0.507 e. The van der Waals surface area contributed by atoms with E-state index in [9.17, 15) is 14.7 Å². The number of carbonyl (C=O) groups excluding carboxylic acids is 1. The normalized spacial score (nSPS) is 12.2. The number of hydrogen-bond donors (Lipinski definition) is 3. The van der Waals surface area contributed by atoms with Crippen LogP contribution in [0.2, 0.25) is 5.02 Å². The molecule has 0 aliphatic carbocycles. The van der Waals surface area contributed by atoms with Crippen LogP contribution in [0.25, 0.3) is 0 Å². The molecule has 1 aromatic rings. The predicted molar refractivity (Wildman–Crippen MR) is 66.8 cm³/mol. The summed E-state index contributed by atoms with van der Waals surface area (Å²) in [5.74, 6) is -2.31. The summed E-state index contributed by atoms with van der Waals surface area (Å²) < 4.78 is 0. The molecule has 0 spiro atoms. The lowest BCUT2D eigenvalue weighted by molar-refractivity contribution is -0.140. The molecule has 0 saturated heterocycles. The molecular formula is C12H14ClNO4. The number of phenols is 1. The Morgan fingerprint density at radius 2 is 1.94 bits per heavy atom. The first-order valence-electron chi connectivity index (χ1n) is 5.35. The lowest BCUT2D eigenvalue weighted by Crippen LogP contribution is -2.44. The molecule has 0 bridgehead atoms. The number of halogens is 1. The zero-order chi connectivity index (χ0) is 13.9. The molecule has 0 heterocycles. The Labute approximate surface area is 109 Å². The van der Waals surface area contributed by atoms with Crippen molar-refractivity contribution in [3.8, 4) is 5.75 Å². The molecule has 6 heteroatoms. The number of amides is 1. The van der Waals surface area contributed by atoms with Crippen LogP contribution >= 0.6 is 11.6 Å². The minimum Gasteiger partial charge on any atom is -0.507 e. The van der Waals surface area contributed by atoms with E-state index in [2.05, 4.69) is 5.32 Å². The summed E-state index contributed by atoms with van der Waals surface area (Å²) >= 11 is 5.64. The molecule has 1 atom stereocenters. The van der Waals surface area contributed by atoms with Crippen molar-refractivity contribution in [3.05, 3.63) is 28.8 Å². The number of aliphatic carboxylic acids is 1. The molecule has 0 aliphatic heterocycles. The van der Waals surface area contributed by atoms with Gasteiger partial charge in [-0.1, -0.05) is 25.4 Å². The van der Waals surface area contributed by atoms with Crippen LogP contribution in [0.1, 0.15) is 24.2 Å². The van der Waals surface area contributed by atoms with E-state index in [1.54, 1.807) is 13.8 Å². The maximum atomic E-state index is 11.8. The van der Waals surface area contributed by atoms with Gasteiger partial charge in [-0.15, -0.1) is 0 Å². The number of phenolic OH excluding ortho intramolecular Hbond substituents is 1. The number of hydrogen-bond acceptors (Lipinski definition) is 3. The highest BCUT2D eigenvalue weighted by Gasteiger charge is 2.24. The van der Waals surface area contributed by atoms with Gasteiger partial charge in [0.25, 0.3) is 5.91 Å². The Morgan fingerprint density at radius 3 is 2.39 bits per heavy atom. The summed E-state index contributed by atoms with van der Waals surface area (Å²) in [5, 5.41) is 21.2. The van der Waals surface area contributed by atoms with Gasteiger partial charge in [0.15, 0.2) is 0 Å². The highest BCUT2D eigenvalue weighted by atomic mass is 35.5. The van der Waals surface area contributed by atoms with Gasteiger partial charge in [-0.2, -0.15) is 0 Å². The number of rotatable bonds is 4. The minimum atomic E-state index is -1.12. The van der Waals surface area contributed by atoms with E-state index < -0.39 is 17.9 Å². The van der Waals surface area contributed by atoms with Crippen LogP contribution in [0.3, 0.4) is 0 Å². The van der Waals surface area contributed by atoms with Crippen molar-refractivity contribution in [2.24, 2.45) is 5.92 Å². The van der Waals surface area contributed by atoms with Gasteiger partial charge in [0.1, 0.15) is 11.8 Å². The fraction of sp³-hybridized carbons (Fsp3) is 0.333. The van der Waals surface area contributed by atoms with Gasteiger partial charge < -0.3 is 15.5 Å². The number of benzene rings is 1. The SMILES string of the molecule is CC(C)C(NC(=O)c1ccc(Cl)cc1O)C(=O)O. The molecule has 5 nitrogen and oxygen atoms in total. The molecule has 98 valence electrons. The second-order valence-electron chi connectivity index (χ2n) is 4.19. The zero-order valence-electron chi connectivity index (χ0n) is 9.98. The number of carboxylic acids is 1. The van der Waals surface area contributed by atoms with E-state index in [4.69, 9.17) is 16.7 Å². The summed E-state index contributed by atoms with van der Waals surface area (Å²) in [7, 11) is 0. The summed E-state index contributed by atoms with van der Waals surface area (Å²) in [6.07, 6.45) is 0. The van der Waals surface area contributed by atoms with E-state index in [1.165, 1.54) is 18.2 Å². The van der Waals surface area contributed by atoms with Crippen molar-refractivity contribution in [2.45, 2.75) is 19.9 Å². The Bertz CT molecular complexity index is 473. The molecule has 1 aromatic carbocycles. The van der Waals surface area contributed by atoms with Crippen LogP contribution in [0, 0.1) is 5.92 Å². The Hall–Kier alpha value is -1.75. The third kappa shape index (κ3) is 3.37. The van der Waals surface area contributed by atoms with E-state index in [-0.39, 0.29) is 17.2 Å². The third-order valence-electron chi connectivity index (χ3n) is 2.42. The summed E-state index contributed by atoms with van der Waals surface area (Å²) in [4.78, 5) is 22.8. The smallest absolute Gasteiger partial charge is 0.326 e. The molecule has 0 saturated carbocycles. The molecule has 1 amide bonds. The zero-order valence-corrected chi connectivity index (χ0v) is 10.7. The molecule has 1 unspecified atom stereocenters. The van der Waals surface area contributed by atoms with Crippen molar-refractivity contribution in [1.82, 2.24) is 5.32 Å². The first-order chi connectivity index (χ1) is 8.32. The van der Waals surface area contributed by atoms with E-state index in [1.807, 2.05) is 0 Å². The molecule has 0 aliphatic rings. The Kier molecular flexibility index (Phi) is 4.55. The average molecular weight is 272 g/mol. The summed E-state index contributed by atoms with van der Waals surface area (Å²) in [6.45, 7) is 3.36. The van der Waals surface area contributed by atoms with Gasteiger partial charge in [-0.25, -0.2) is 4.79 Å². The van der Waals surface area contributed by atoms with Gasteiger partial charge in [-0.05, 0) is 24.1 Å². The van der Waals surface area contributed by atoms with Crippen LogP contribution in [0.15, 0.2) is 18.2 Å². The lowest BCUT2D eigenvalue weighted by Gasteiger charge is -2.18. The highest BCUT2D eigenvalue weighted by molar-refractivity contribution is 6.30. The molecule has 0 radical (unpaired) electrons. The Balaban J connectivity index is 2.91. The molecular weight excluding hydrogens is 258 g/mol. The Morgan fingerprint density at radius 1 is 1.33 bits per heavy atom. The number of carboxylic acid groups (broad SMARTS) is 1. The second kappa shape index (κ2) is 5.73. The van der Waals surface area contributed by atoms with E-state index >= 15 is 0 Å². The van der Waals surface area contributed by atoms with E-state index in [0.29, 0.717) is 5.02 Å². The molecule has 18 heavy (non-hydrogen) atoms. The van der Waals surface area contributed by atoms with Crippen molar-refractivity contribution in [1.29, 1.82) is 0 Å². The predicted octanol–water partition coefficient (Wildman–Crippen LogP) is 1.88. The van der Waals surface area contributed by atoms with Crippen molar-refractivity contribution >= 4 is 23.5 Å². The quantitative estimate of drug-likeness (QED) is 0.780. The van der Waals surface area contributed by atoms with Crippen LogP contribution < -0.4 is 5.32 Å². The first kappa shape index (κ1) is 14.3. The van der Waals surface area contributed by atoms with Crippen LogP contribution in [0.4, 0.5) is 0 Å². The molecule has 0 fully saturated rings. The topological polar surface area (TPSA) is 86.6 Å². The fourth-order valence-electron chi connectivity index (χ4n) is 1.43. The standard InChI is InChI=1S/C12H14ClNO4/c1-6(2)10(12(17)18)14-11(16)8-4-3-7(13)5-9(8)15/h3-6,10,15H,1-2H3,(H,14,16)(H,17,18). The minimum absolute atomic E-state index is 0.00806. The average Bonchev–Trinajstić information content (AvgIpc) is 2.24. The number of nitrogens with one attached hydrogen (secondary N) is 1. The van der Waals surface area contributed by atoms with Crippen molar-refractivity contribution < 1.29 is 19.8 Å². The molecule has 0 aromatic heterocycles. The van der Waals surface area contributed by atoms with E-state index in [0.717, 1.165) is 0 Å². The highest BCUT2D eigenvalue weighted by Crippen LogP contribution is 2.22. The maximum Gasteiger partial charge on any atom is 0.326 e. The van der Waals surface area contributed by atoms with Crippen molar-refractivity contribution in [3.63, 3.8) is 0 Å². The first-order valence-corrected chi connectivity index (χ1v) is 5.73. The van der Waals surface area contributed by atoms with Crippen LogP contribution in [-0.4, -0.2) is 28.1 Å². The summed E-state index contributed by atoms with van der Waals surface area (Å²) in [5.41, 5.74) is -0.00806. The maximum absolute atomic E-state index is 11.8. The summed E-state index contributed by atoms with van der Waals surface area (Å²) in [6, 6.07) is 3.00. The lowest BCUT2D eigenvalue weighted by atomic mass is 10.0. The fourth-order valence-corrected chi connectivity index (χ4v) is 1.60.